The third-order valence-electron chi connectivity index (χ3n) is 3.74. The van der Waals surface area contributed by atoms with E-state index in [1.165, 1.54) is 21.8 Å². The van der Waals surface area contributed by atoms with Crippen LogP contribution in [0.3, 0.4) is 0 Å². The summed E-state index contributed by atoms with van der Waals surface area (Å²) >= 11 is 3.53. The molecule has 0 atom stereocenters. The number of hydrogen-bond acceptors (Lipinski definition) is 0. The van der Waals surface area contributed by atoms with Gasteiger partial charge in [0.1, 0.15) is 7.85 Å². The first-order valence-electron chi connectivity index (χ1n) is 6.79. The number of benzene rings is 3. The van der Waals surface area contributed by atoms with Crippen molar-refractivity contribution in [2.24, 2.45) is 0 Å². The van der Waals surface area contributed by atoms with Gasteiger partial charge in [-0.1, -0.05) is 63.9 Å². The van der Waals surface area contributed by atoms with Crippen LogP contribution in [-0.4, -0.2) is 12.4 Å². The van der Waals surface area contributed by atoms with Crippen molar-refractivity contribution in [3.63, 3.8) is 0 Å². The summed E-state index contributed by atoms with van der Waals surface area (Å²) in [4.78, 5) is 0. The van der Waals surface area contributed by atoms with E-state index in [9.17, 15) is 0 Å². The Hall–Kier alpha value is -2.00. The Morgan fingerprint density at radius 3 is 1.90 bits per heavy atom. The maximum absolute atomic E-state index is 6.01. The third kappa shape index (κ3) is 2.00. The molecule has 0 amide bonds. The molecule has 2 radical (unpaired) electrons. The average molecular weight is 332 g/mol. The first-order chi connectivity index (χ1) is 10.2. The first kappa shape index (κ1) is 12.7. The SMILES string of the molecule is [B]c1cc(Br)cc(-n2c3ccccc3c3ccccc32)c1. The molecular weight excluding hydrogens is 321 g/mol. The maximum Gasteiger partial charge on any atom is 0.113 e. The lowest BCUT2D eigenvalue weighted by molar-refractivity contribution is 1.18. The lowest BCUT2D eigenvalue weighted by Gasteiger charge is -2.09. The number of para-hydroxylation sites is 2. The zero-order chi connectivity index (χ0) is 14.4. The van der Waals surface area contributed by atoms with E-state index in [0.29, 0.717) is 0 Å². The molecule has 3 heteroatoms. The molecule has 3 aromatic carbocycles. The fourth-order valence-electron chi connectivity index (χ4n) is 2.93. The molecule has 98 valence electrons. The van der Waals surface area contributed by atoms with Gasteiger partial charge in [0, 0.05) is 20.9 Å². The molecule has 1 aromatic heterocycles. The van der Waals surface area contributed by atoms with Gasteiger partial charge in [-0.2, -0.15) is 0 Å². The summed E-state index contributed by atoms with van der Waals surface area (Å²) in [5, 5.41) is 2.51. The van der Waals surface area contributed by atoms with Crippen LogP contribution in [0.1, 0.15) is 0 Å². The van der Waals surface area contributed by atoms with E-state index in [4.69, 9.17) is 7.85 Å². The van der Waals surface area contributed by atoms with Crippen molar-refractivity contribution < 1.29 is 0 Å². The van der Waals surface area contributed by atoms with Crippen LogP contribution < -0.4 is 5.46 Å². The monoisotopic (exact) mass is 331 g/mol. The minimum atomic E-state index is 0.751. The van der Waals surface area contributed by atoms with Crippen LogP contribution >= 0.6 is 15.9 Å². The maximum atomic E-state index is 6.01. The summed E-state index contributed by atoms with van der Waals surface area (Å²) in [5.74, 6) is 0. The second-order valence-corrected chi connectivity index (χ2v) is 6.03. The summed E-state index contributed by atoms with van der Waals surface area (Å²) in [7, 11) is 6.01. The van der Waals surface area contributed by atoms with Crippen molar-refractivity contribution in [1.82, 2.24) is 4.57 Å². The molecule has 0 bridgehead atoms. The van der Waals surface area contributed by atoms with Crippen molar-refractivity contribution >= 4 is 51.0 Å². The van der Waals surface area contributed by atoms with Crippen LogP contribution in [0.25, 0.3) is 27.5 Å². The molecule has 0 N–H and O–H groups in total. The van der Waals surface area contributed by atoms with Gasteiger partial charge in [0.05, 0.1) is 11.0 Å². The van der Waals surface area contributed by atoms with Crippen LogP contribution in [0.2, 0.25) is 0 Å². The van der Waals surface area contributed by atoms with Crippen molar-refractivity contribution in [3.05, 3.63) is 71.2 Å². The molecule has 0 saturated carbocycles. The van der Waals surface area contributed by atoms with Gasteiger partial charge in [-0.3, -0.25) is 0 Å². The molecule has 0 saturated heterocycles. The molecule has 0 unspecified atom stereocenters. The van der Waals surface area contributed by atoms with Gasteiger partial charge in [0.2, 0.25) is 0 Å². The summed E-state index contributed by atoms with van der Waals surface area (Å²) < 4.78 is 3.24. The van der Waals surface area contributed by atoms with Crippen LogP contribution in [-0.2, 0) is 0 Å². The third-order valence-corrected chi connectivity index (χ3v) is 4.20. The molecule has 0 aliphatic heterocycles. The Morgan fingerprint density at radius 2 is 1.33 bits per heavy atom. The van der Waals surface area contributed by atoms with E-state index < -0.39 is 0 Å². The normalized spacial score (nSPS) is 11.3. The van der Waals surface area contributed by atoms with Gasteiger partial charge in [0.25, 0.3) is 0 Å². The molecular formula is C18H11BBrN. The Kier molecular flexibility index (Phi) is 2.90. The minimum Gasteiger partial charge on any atom is -0.309 e. The second kappa shape index (κ2) is 4.78. The quantitative estimate of drug-likeness (QED) is 0.457. The van der Waals surface area contributed by atoms with Crippen molar-refractivity contribution in [2.45, 2.75) is 0 Å². The number of aromatic nitrogens is 1. The summed E-state index contributed by atoms with van der Waals surface area (Å²) in [6.07, 6.45) is 0. The topological polar surface area (TPSA) is 4.93 Å². The standard InChI is InChI=1S/C18H11BBrN/c19-12-9-13(20)11-14(10-12)21-17-7-3-1-5-15(17)16-6-2-4-8-18(16)21/h1-11H. The molecule has 21 heavy (non-hydrogen) atoms. The van der Waals surface area contributed by atoms with E-state index in [1.54, 1.807) is 0 Å². The van der Waals surface area contributed by atoms with E-state index in [0.717, 1.165) is 15.6 Å². The molecule has 4 aromatic rings. The van der Waals surface area contributed by atoms with Gasteiger partial charge in [0.15, 0.2) is 0 Å². The summed E-state index contributed by atoms with van der Waals surface area (Å²) in [6, 6.07) is 22.9. The smallest absolute Gasteiger partial charge is 0.113 e. The number of nitrogens with zero attached hydrogens (tertiary/aromatic N) is 1. The fraction of sp³-hybridized carbons (Fsp3) is 0. The first-order valence-corrected chi connectivity index (χ1v) is 7.58. The summed E-state index contributed by atoms with van der Waals surface area (Å²) in [5.41, 5.74) is 4.20. The highest BCUT2D eigenvalue weighted by Gasteiger charge is 2.11. The molecule has 1 nitrogen and oxygen atoms in total. The van der Waals surface area contributed by atoms with Gasteiger partial charge in [-0.25, -0.2) is 0 Å². The molecule has 0 spiro atoms. The summed E-state index contributed by atoms with van der Waals surface area (Å²) in [6.45, 7) is 0. The van der Waals surface area contributed by atoms with E-state index >= 15 is 0 Å². The van der Waals surface area contributed by atoms with Crippen LogP contribution in [0, 0.1) is 0 Å². The van der Waals surface area contributed by atoms with E-state index in [2.05, 4.69) is 75.1 Å². The Labute approximate surface area is 132 Å². The lowest BCUT2D eigenvalue weighted by Crippen LogP contribution is -2.05. The van der Waals surface area contributed by atoms with E-state index in [1.807, 2.05) is 12.1 Å². The predicted molar refractivity (Wildman–Crippen MR) is 93.9 cm³/mol. The van der Waals surface area contributed by atoms with Crippen molar-refractivity contribution in [1.29, 1.82) is 0 Å². The van der Waals surface area contributed by atoms with Gasteiger partial charge in [-0.15, -0.1) is 0 Å². The number of hydrogen-bond donors (Lipinski definition) is 0. The Balaban J connectivity index is 2.20. The predicted octanol–water partition coefficient (Wildman–Crippen LogP) is 4.34. The van der Waals surface area contributed by atoms with Crippen LogP contribution in [0.4, 0.5) is 0 Å². The largest absolute Gasteiger partial charge is 0.309 e. The van der Waals surface area contributed by atoms with E-state index in [-0.39, 0.29) is 0 Å². The van der Waals surface area contributed by atoms with Gasteiger partial charge >= 0.3 is 0 Å². The zero-order valence-electron chi connectivity index (χ0n) is 11.3. The van der Waals surface area contributed by atoms with Crippen molar-refractivity contribution in [2.75, 3.05) is 0 Å². The molecule has 0 fully saturated rings. The number of fused-ring (bicyclic) bond motifs is 3. The van der Waals surface area contributed by atoms with Crippen LogP contribution in [0.15, 0.2) is 71.2 Å². The Bertz CT molecular complexity index is 898. The highest BCUT2D eigenvalue weighted by molar-refractivity contribution is 9.10. The highest BCUT2D eigenvalue weighted by atomic mass is 79.9. The van der Waals surface area contributed by atoms with Gasteiger partial charge in [-0.05, 0) is 24.3 Å². The average Bonchev–Trinajstić information content (AvgIpc) is 2.81. The van der Waals surface area contributed by atoms with Gasteiger partial charge < -0.3 is 4.57 Å². The Morgan fingerprint density at radius 1 is 0.762 bits per heavy atom. The minimum absolute atomic E-state index is 0.751. The van der Waals surface area contributed by atoms with Crippen molar-refractivity contribution in [3.8, 4) is 5.69 Å². The molecule has 0 aliphatic carbocycles. The molecule has 1 heterocycles. The number of halogens is 1. The number of rotatable bonds is 1. The second-order valence-electron chi connectivity index (χ2n) is 5.11. The lowest BCUT2D eigenvalue weighted by atomic mass is 9.96. The zero-order valence-corrected chi connectivity index (χ0v) is 12.8. The fourth-order valence-corrected chi connectivity index (χ4v) is 3.42. The highest BCUT2D eigenvalue weighted by Crippen LogP contribution is 2.31. The molecule has 4 rings (SSSR count). The molecule has 0 aliphatic rings. The van der Waals surface area contributed by atoms with Crippen LogP contribution in [0.5, 0.6) is 0 Å².